The molecule has 2 unspecified atom stereocenters. The molecule has 2 amide bonds. The molecule has 1 aliphatic heterocycles. The SMILES string of the molecule is CC1CC(C(=O)O)CN(C(=O)Nc2cccc(-c3ccccc3)c2)C1. The molecular weight excluding hydrogens is 316 g/mol. The number of piperidine rings is 1. The molecule has 0 saturated carbocycles. The van der Waals surface area contributed by atoms with Crippen LogP contribution in [0.25, 0.3) is 11.1 Å². The summed E-state index contributed by atoms with van der Waals surface area (Å²) in [6.45, 7) is 2.81. The second-order valence-corrected chi connectivity index (χ2v) is 6.66. The van der Waals surface area contributed by atoms with E-state index in [1.54, 1.807) is 4.90 Å². The molecular formula is C20H22N2O3. The predicted octanol–water partition coefficient (Wildman–Crippen LogP) is 3.93. The van der Waals surface area contributed by atoms with Crippen LogP contribution in [-0.2, 0) is 4.79 Å². The third kappa shape index (κ3) is 4.18. The minimum Gasteiger partial charge on any atom is -0.481 e. The van der Waals surface area contributed by atoms with E-state index < -0.39 is 11.9 Å². The van der Waals surface area contributed by atoms with Gasteiger partial charge in [0.05, 0.1) is 5.92 Å². The Morgan fingerprint density at radius 2 is 1.76 bits per heavy atom. The average Bonchev–Trinajstić information content (AvgIpc) is 2.62. The van der Waals surface area contributed by atoms with Crippen molar-refractivity contribution in [1.82, 2.24) is 4.90 Å². The number of amides is 2. The second-order valence-electron chi connectivity index (χ2n) is 6.66. The summed E-state index contributed by atoms with van der Waals surface area (Å²) in [5.41, 5.74) is 2.81. The number of aliphatic carboxylic acids is 1. The zero-order valence-electron chi connectivity index (χ0n) is 14.2. The van der Waals surface area contributed by atoms with Crippen molar-refractivity contribution in [1.29, 1.82) is 0 Å². The van der Waals surface area contributed by atoms with Gasteiger partial charge in [-0.2, -0.15) is 0 Å². The van der Waals surface area contributed by atoms with Gasteiger partial charge in [-0.25, -0.2) is 4.79 Å². The van der Waals surface area contributed by atoms with Crippen LogP contribution < -0.4 is 5.32 Å². The fraction of sp³-hybridized carbons (Fsp3) is 0.300. The van der Waals surface area contributed by atoms with E-state index in [1.165, 1.54) is 0 Å². The van der Waals surface area contributed by atoms with Crippen LogP contribution in [0.5, 0.6) is 0 Å². The molecule has 1 saturated heterocycles. The van der Waals surface area contributed by atoms with Crippen molar-refractivity contribution < 1.29 is 14.7 Å². The van der Waals surface area contributed by atoms with Crippen LogP contribution in [0.1, 0.15) is 13.3 Å². The molecule has 1 aliphatic rings. The van der Waals surface area contributed by atoms with Gasteiger partial charge in [-0.3, -0.25) is 4.79 Å². The second kappa shape index (κ2) is 7.38. The zero-order valence-corrected chi connectivity index (χ0v) is 14.2. The summed E-state index contributed by atoms with van der Waals surface area (Å²) >= 11 is 0. The summed E-state index contributed by atoms with van der Waals surface area (Å²) in [5, 5.41) is 12.1. The van der Waals surface area contributed by atoms with Gasteiger partial charge in [-0.15, -0.1) is 0 Å². The highest BCUT2D eigenvalue weighted by Gasteiger charge is 2.31. The molecule has 0 bridgehead atoms. The van der Waals surface area contributed by atoms with Crippen LogP contribution in [0.2, 0.25) is 0 Å². The van der Waals surface area contributed by atoms with Gasteiger partial charge in [0.1, 0.15) is 0 Å². The van der Waals surface area contributed by atoms with Crippen molar-refractivity contribution in [2.24, 2.45) is 11.8 Å². The third-order valence-corrected chi connectivity index (χ3v) is 4.52. The highest BCUT2D eigenvalue weighted by Crippen LogP contribution is 2.25. The van der Waals surface area contributed by atoms with Gasteiger partial charge in [0.15, 0.2) is 0 Å². The van der Waals surface area contributed by atoms with Crippen molar-refractivity contribution in [3.05, 3.63) is 54.6 Å². The molecule has 130 valence electrons. The lowest BCUT2D eigenvalue weighted by Crippen LogP contribution is -2.47. The van der Waals surface area contributed by atoms with Crippen LogP contribution in [0, 0.1) is 11.8 Å². The average molecular weight is 338 g/mol. The van der Waals surface area contributed by atoms with Crippen LogP contribution in [0.3, 0.4) is 0 Å². The Bertz CT molecular complexity index is 761. The molecule has 3 rings (SSSR count). The maximum absolute atomic E-state index is 12.6. The van der Waals surface area contributed by atoms with Gasteiger partial charge in [0.2, 0.25) is 0 Å². The first-order valence-electron chi connectivity index (χ1n) is 8.47. The lowest BCUT2D eigenvalue weighted by Gasteiger charge is -2.34. The monoisotopic (exact) mass is 338 g/mol. The number of carboxylic acid groups (broad SMARTS) is 1. The van der Waals surface area contributed by atoms with Gasteiger partial charge < -0.3 is 15.3 Å². The molecule has 2 aromatic carbocycles. The number of urea groups is 1. The van der Waals surface area contributed by atoms with E-state index in [9.17, 15) is 14.7 Å². The molecule has 5 heteroatoms. The van der Waals surface area contributed by atoms with Crippen LogP contribution >= 0.6 is 0 Å². The van der Waals surface area contributed by atoms with E-state index in [-0.39, 0.29) is 18.5 Å². The first kappa shape index (κ1) is 17.0. The largest absolute Gasteiger partial charge is 0.481 e. The lowest BCUT2D eigenvalue weighted by molar-refractivity contribution is -0.143. The Morgan fingerprint density at radius 3 is 2.48 bits per heavy atom. The summed E-state index contributed by atoms with van der Waals surface area (Å²) in [6, 6.07) is 17.4. The smallest absolute Gasteiger partial charge is 0.321 e. The Labute approximate surface area is 147 Å². The highest BCUT2D eigenvalue weighted by atomic mass is 16.4. The molecule has 2 aromatic rings. The number of carbonyl (C=O) groups excluding carboxylic acids is 1. The van der Waals surface area contributed by atoms with Gasteiger partial charge in [0.25, 0.3) is 0 Å². The van der Waals surface area contributed by atoms with E-state index in [1.807, 2.05) is 61.5 Å². The lowest BCUT2D eigenvalue weighted by atomic mass is 9.91. The number of hydrogen-bond donors (Lipinski definition) is 2. The standard InChI is InChI=1S/C20H22N2O3/c1-14-10-17(19(23)24)13-22(12-14)20(25)21-18-9-5-8-16(11-18)15-6-3-2-4-7-15/h2-9,11,14,17H,10,12-13H2,1H3,(H,21,25)(H,23,24). The van der Waals surface area contributed by atoms with E-state index >= 15 is 0 Å². The van der Waals surface area contributed by atoms with Crippen molar-refractivity contribution >= 4 is 17.7 Å². The van der Waals surface area contributed by atoms with Crippen molar-refractivity contribution in [3.63, 3.8) is 0 Å². The normalized spacial score (nSPS) is 20.1. The first-order chi connectivity index (χ1) is 12.0. The molecule has 0 radical (unpaired) electrons. The number of hydrogen-bond acceptors (Lipinski definition) is 2. The number of rotatable bonds is 3. The molecule has 25 heavy (non-hydrogen) atoms. The van der Waals surface area contributed by atoms with Crippen molar-refractivity contribution in [2.75, 3.05) is 18.4 Å². The fourth-order valence-corrected chi connectivity index (χ4v) is 3.31. The highest BCUT2D eigenvalue weighted by molar-refractivity contribution is 5.90. The fourth-order valence-electron chi connectivity index (χ4n) is 3.31. The van der Waals surface area contributed by atoms with E-state index in [4.69, 9.17) is 0 Å². The summed E-state index contributed by atoms with van der Waals surface area (Å²) in [4.78, 5) is 25.4. The van der Waals surface area contributed by atoms with E-state index in [0.29, 0.717) is 18.7 Å². The molecule has 5 nitrogen and oxygen atoms in total. The number of carboxylic acids is 1. The Hall–Kier alpha value is -2.82. The molecule has 0 aromatic heterocycles. The molecule has 2 N–H and O–H groups in total. The number of likely N-dealkylation sites (tertiary alicyclic amines) is 1. The summed E-state index contributed by atoms with van der Waals surface area (Å²) in [7, 11) is 0. The number of benzene rings is 2. The van der Waals surface area contributed by atoms with Crippen LogP contribution in [-0.4, -0.2) is 35.1 Å². The Kier molecular flexibility index (Phi) is 5.03. The number of carbonyl (C=O) groups is 2. The molecule has 0 aliphatic carbocycles. The topological polar surface area (TPSA) is 69.6 Å². The van der Waals surface area contributed by atoms with E-state index in [0.717, 1.165) is 11.1 Å². The van der Waals surface area contributed by atoms with Gasteiger partial charge in [-0.1, -0.05) is 49.4 Å². The Morgan fingerprint density at radius 1 is 1.04 bits per heavy atom. The maximum Gasteiger partial charge on any atom is 0.321 e. The van der Waals surface area contributed by atoms with E-state index in [2.05, 4.69) is 5.32 Å². The number of nitrogens with zero attached hydrogens (tertiary/aromatic N) is 1. The van der Waals surface area contributed by atoms with Gasteiger partial charge >= 0.3 is 12.0 Å². The van der Waals surface area contributed by atoms with Crippen molar-refractivity contribution in [3.8, 4) is 11.1 Å². The number of anilines is 1. The summed E-state index contributed by atoms with van der Waals surface area (Å²) < 4.78 is 0. The van der Waals surface area contributed by atoms with Crippen molar-refractivity contribution in [2.45, 2.75) is 13.3 Å². The van der Waals surface area contributed by atoms with Crippen LogP contribution in [0.15, 0.2) is 54.6 Å². The maximum atomic E-state index is 12.6. The number of nitrogens with one attached hydrogen (secondary N) is 1. The quantitative estimate of drug-likeness (QED) is 0.891. The van der Waals surface area contributed by atoms with Crippen LogP contribution in [0.4, 0.5) is 10.5 Å². The third-order valence-electron chi connectivity index (χ3n) is 4.52. The predicted molar refractivity (Wildman–Crippen MR) is 97.4 cm³/mol. The molecule has 1 fully saturated rings. The summed E-state index contributed by atoms with van der Waals surface area (Å²) in [5.74, 6) is -1.16. The minimum atomic E-state index is -0.838. The van der Waals surface area contributed by atoms with Gasteiger partial charge in [0, 0.05) is 18.8 Å². The zero-order chi connectivity index (χ0) is 17.8. The molecule has 0 spiro atoms. The first-order valence-corrected chi connectivity index (χ1v) is 8.47. The summed E-state index contributed by atoms with van der Waals surface area (Å²) in [6.07, 6.45) is 0.614. The van der Waals surface area contributed by atoms with Gasteiger partial charge in [-0.05, 0) is 35.6 Å². The molecule has 2 atom stereocenters. The Balaban J connectivity index is 1.72. The molecule has 1 heterocycles. The minimum absolute atomic E-state index is 0.177.